The molecular weight excluding hydrogens is 401 g/mol. The van der Waals surface area contributed by atoms with Crippen molar-refractivity contribution in [1.82, 2.24) is 4.98 Å². The molecule has 28 heavy (non-hydrogen) atoms. The first-order chi connectivity index (χ1) is 13.5. The van der Waals surface area contributed by atoms with Gasteiger partial charge in [0.25, 0.3) is 0 Å². The number of fused-ring (bicyclic) bond motifs is 1. The van der Waals surface area contributed by atoms with Crippen LogP contribution < -0.4 is 0 Å². The maximum Gasteiger partial charge on any atom is 0.335 e. The molecule has 0 unspecified atom stereocenters. The Hall–Kier alpha value is -3.09. The Bertz CT molecular complexity index is 1130. The molecule has 1 aliphatic heterocycles. The zero-order valence-corrected chi connectivity index (χ0v) is 15.7. The molecule has 1 aliphatic carbocycles. The number of carbonyl (C=O) groups excluding carboxylic acids is 1. The number of Topliss-reactive ketones (excluding diaryl/α,β-unsaturated/α-hetero) is 1. The summed E-state index contributed by atoms with van der Waals surface area (Å²) in [5, 5.41) is 17.8. The molecule has 0 saturated heterocycles. The Morgan fingerprint density at radius 3 is 2.32 bits per heavy atom. The molecule has 0 spiro atoms. The lowest BCUT2D eigenvalue weighted by atomic mass is 9.86. The van der Waals surface area contributed by atoms with Gasteiger partial charge >= 0.3 is 5.97 Å². The van der Waals surface area contributed by atoms with E-state index in [1.54, 1.807) is 18.2 Å². The Kier molecular flexibility index (Phi) is 4.66. The Morgan fingerprint density at radius 1 is 1.00 bits per heavy atom. The van der Waals surface area contributed by atoms with E-state index in [1.165, 1.54) is 24.5 Å². The maximum absolute atomic E-state index is 13.2. The number of hydrogen-bond donors (Lipinski definition) is 1. The topological polar surface area (TPSA) is 92.0 Å². The number of allylic oxidation sites excluding steroid dienone is 4. The number of rotatable bonds is 4. The monoisotopic (exact) mass is 411 g/mol. The smallest absolute Gasteiger partial charge is 0.335 e. The summed E-state index contributed by atoms with van der Waals surface area (Å²) in [6, 6.07) is 6.24. The molecule has 0 atom stereocenters. The van der Waals surface area contributed by atoms with Crippen LogP contribution in [0.4, 0.5) is 0 Å². The lowest BCUT2D eigenvalue weighted by Gasteiger charge is -2.15. The second-order valence-electron chi connectivity index (χ2n) is 6.08. The average molecular weight is 412 g/mol. The largest absolute Gasteiger partial charge is 0.478 e. The summed E-state index contributed by atoms with van der Waals surface area (Å²) in [4.78, 5) is 28.2. The molecule has 0 fully saturated rings. The molecule has 1 aromatic heterocycles. The second-order valence-corrected chi connectivity index (χ2v) is 6.89. The molecule has 0 amide bonds. The number of aromatic carboxylic acids is 1. The van der Waals surface area contributed by atoms with Gasteiger partial charge < -0.3 is 5.11 Å². The molecule has 6 nitrogen and oxygen atoms in total. The van der Waals surface area contributed by atoms with Crippen LogP contribution in [0.5, 0.6) is 0 Å². The van der Waals surface area contributed by atoms with Gasteiger partial charge in [-0.15, -0.1) is 5.10 Å². The first-order valence-corrected chi connectivity index (χ1v) is 8.96. The normalized spacial score (nSPS) is 15.2. The third-order valence-corrected chi connectivity index (χ3v) is 4.96. The fourth-order valence-electron chi connectivity index (χ4n) is 3.07. The Labute approximate surface area is 169 Å². The first kappa shape index (κ1) is 18.3. The molecule has 0 saturated carbocycles. The number of benzene rings is 1. The van der Waals surface area contributed by atoms with Crippen LogP contribution in [0.25, 0.3) is 0 Å². The van der Waals surface area contributed by atoms with Crippen molar-refractivity contribution in [2.45, 2.75) is 6.42 Å². The van der Waals surface area contributed by atoms with Gasteiger partial charge in [0.2, 0.25) is 0 Å². The number of nitrogens with zero attached hydrogens (tertiary/aromatic N) is 3. The lowest BCUT2D eigenvalue weighted by molar-refractivity contribution is 0.0696. The number of carboxylic acid groups (broad SMARTS) is 1. The number of pyridine rings is 1. The van der Waals surface area contributed by atoms with Crippen molar-refractivity contribution in [3.63, 3.8) is 0 Å². The van der Waals surface area contributed by atoms with Gasteiger partial charge in [-0.25, -0.2) is 4.79 Å². The summed E-state index contributed by atoms with van der Waals surface area (Å²) in [6.07, 6.45) is 6.79. The highest BCUT2D eigenvalue weighted by Crippen LogP contribution is 2.32. The second kappa shape index (κ2) is 7.14. The van der Waals surface area contributed by atoms with Crippen LogP contribution in [0.2, 0.25) is 10.0 Å². The molecular formula is C20H11Cl2N3O3. The summed E-state index contributed by atoms with van der Waals surface area (Å²) in [6.45, 7) is 0. The maximum atomic E-state index is 13.2. The van der Waals surface area contributed by atoms with Crippen molar-refractivity contribution < 1.29 is 14.7 Å². The van der Waals surface area contributed by atoms with Crippen LogP contribution in [0.3, 0.4) is 0 Å². The highest BCUT2D eigenvalue weighted by molar-refractivity contribution is 6.43. The standard InChI is InChI=1S/C20H11Cl2N3O3/c21-13-8-23-9-14(22)17(13)19(26)12-2-1-3-15-16(12)18(25-24-15)10-4-6-11(7-5-10)20(27)28/h1-2,4-9H,3H2,(H,27,28). The zero-order valence-electron chi connectivity index (χ0n) is 14.2. The summed E-state index contributed by atoms with van der Waals surface area (Å²) in [5.74, 6) is -1.37. The lowest BCUT2D eigenvalue weighted by Crippen LogP contribution is -2.19. The van der Waals surface area contributed by atoms with E-state index in [0.717, 1.165) is 0 Å². The van der Waals surface area contributed by atoms with E-state index >= 15 is 0 Å². The third-order valence-electron chi connectivity index (χ3n) is 4.39. The van der Waals surface area contributed by atoms with Gasteiger partial charge in [0.15, 0.2) is 5.78 Å². The van der Waals surface area contributed by atoms with Crippen LogP contribution in [0.1, 0.15) is 32.7 Å². The van der Waals surface area contributed by atoms with Crippen molar-refractivity contribution in [3.8, 4) is 0 Å². The van der Waals surface area contributed by atoms with Gasteiger partial charge in [-0.2, -0.15) is 5.10 Å². The van der Waals surface area contributed by atoms with Crippen LogP contribution in [-0.2, 0) is 0 Å². The van der Waals surface area contributed by atoms with Gasteiger partial charge in [-0.1, -0.05) is 47.5 Å². The Morgan fingerprint density at radius 2 is 1.68 bits per heavy atom. The van der Waals surface area contributed by atoms with Crippen LogP contribution in [-0.4, -0.2) is 33.3 Å². The minimum Gasteiger partial charge on any atom is -0.478 e. The van der Waals surface area contributed by atoms with Crippen molar-refractivity contribution in [3.05, 3.63) is 86.7 Å². The van der Waals surface area contributed by atoms with E-state index in [4.69, 9.17) is 28.3 Å². The van der Waals surface area contributed by atoms with Crippen LogP contribution >= 0.6 is 23.2 Å². The minimum absolute atomic E-state index is 0.158. The average Bonchev–Trinajstić information content (AvgIpc) is 3.12. The highest BCUT2D eigenvalue weighted by Gasteiger charge is 2.31. The number of hydrogen-bond acceptors (Lipinski definition) is 5. The molecule has 0 radical (unpaired) electrons. The van der Waals surface area contributed by atoms with Gasteiger partial charge in [0.1, 0.15) is 5.71 Å². The summed E-state index contributed by atoms with van der Waals surface area (Å²) >= 11 is 12.3. The molecule has 1 N–H and O–H groups in total. The zero-order chi connectivity index (χ0) is 19.8. The quantitative estimate of drug-likeness (QED) is 0.755. The van der Waals surface area contributed by atoms with E-state index in [1.807, 2.05) is 6.08 Å². The number of carbonyl (C=O) groups is 2. The number of carboxylic acids is 1. The van der Waals surface area contributed by atoms with Gasteiger partial charge in [0.05, 0.1) is 26.9 Å². The Balaban J connectivity index is 1.82. The fraction of sp³-hybridized carbons (Fsp3) is 0.0500. The van der Waals surface area contributed by atoms with Crippen LogP contribution in [0, 0.1) is 0 Å². The first-order valence-electron chi connectivity index (χ1n) is 8.21. The van der Waals surface area contributed by atoms with E-state index in [-0.39, 0.29) is 27.0 Å². The van der Waals surface area contributed by atoms with E-state index in [9.17, 15) is 9.59 Å². The SMILES string of the molecule is O=C(O)c1ccc(C2=NN=C3CC=CC(C(=O)c4c(Cl)cncc4Cl)=C32)cc1. The summed E-state index contributed by atoms with van der Waals surface area (Å²) in [7, 11) is 0. The molecule has 1 aromatic carbocycles. The minimum atomic E-state index is -1.02. The van der Waals surface area contributed by atoms with Crippen molar-refractivity contribution in [2.24, 2.45) is 10.2 Å². The predicted molar refractivity (Wildman–Crippen MR) is 107 cm³/mol. The van der Waals surface area contributed by atoms with Gasteiger partial charge in [0, 0.05) is 35.5 Å². The van der Waals surface area contributed by atoms with E-state index < -0.39 is 5.97 Å². The fourth-order valence-corrected chi connectivity index (χ4v) is 3.61. The molecule has 0 bridgehead atoms. The number of ketones is 1. The summed E-state index contributed by atoms with van der Waals surface area (Å²) < 4.78 is 0. The number of halogens is 2. The van der Waals surface area contributed by atoms with Gasteiger partial charge in [-0.05, 0) is 12.1 Å². The van der Waals surface area contributed by atoms with E-state index in [0.29, 0.717) is 34.6 Å². The van der Waals surface area contributed by atoms with E-state index in [2.05, 4.69) is 15.2 Å². The molecule has 2 heterocycles. The molecule has 2 aliphatic rings. The molecule has 8 heteroatoms. The van der Waals surface area contributed by atoms with Crippen molar-refractivity contribution in [2.75, 3.05) is 0 Å². The molecule has 2 aromatic rings. The van der Waals surface area contributed by atoms with Gasteiger partial charge in [-0.3, -0.25) is 9.78 Å². The number of aromatic nitrogens is 1. The summed E-state index contributed by atoms with van der Waals surface area (Å²) in [5.41, 5.74) is 3.11. The highest BCUT2D eigenvalue weighted by atomic mass is 35.5. The predicted octanol–water partition coefficient (Wildman–Crippen LogP) is 4.38. The van der Waals surface area contributed by atoms with Crippen LogP contribution in [0.15, 0.2) is 70.2 Å². The molecule has 4 rings (SSSR count). The molecule has 138 valence electrons. The van der Waals surface area contributed by atoms with Crippen molar-refractivity contribution in [1.29, 1.82) is 0 Å². The van der Waals surface area contributed by atoms with Crippen molar-refractivity contribution >= 4 is 46.4 Å². The third kappa shape index (κ3) is 3.06.